The number of para-hydroxylation sites is 1. The van der Waals surface area contributed by atoms with Crippen molar-refractivity contribution in [2.75, 3.05) is 19.4 Å². The van der Waals surface area contributed by atoms with Gasteiger partial charge < -0.3 is 4.74 Å². The van der Waals surface area contributed by atoms with Gasteiger partial charge >= 0.3 is 5.97 Å². The monoisotopic (exact) mass is 471 g/mol. The number of rotatable bonds is 9. The minimum atomic E-state index is -0.397. The number of methoxy groups -OCH3 is 1. The van der Waals surface area contributed by atoms with Crippen LogP contribution >= 0.6 is 11.8 Å². The molecule has 4 aromatic rings. The predicted molar refractivity (Wildman–Crippen MR) is 131 cm³/mol. The van der Waals surface area contributed by atoms with Gasteiger partial charge in [0.25, 0.3) is 0 Å². The molecule has 0 fully saturated rings. The van der Waals surface area contributed by atoms with Gasteiger partial charge in [0.05, 0.1) is 25.0 Å². The van der Waals surface area contributed by atoms with Gasteiger partial charge in [0, 0.05) is 29.9 Å². The molecule has 170 valence electrons. The van der Waals surface area contributed by atoms with E-state index in [0.29, 0.717) is 16.5 Å². The van der Waals surface area contributed by atoms with Crippen molar-refractivity contribution in [3.63, 3.8) is 0 Å². The molecular formula is C25H21N5O3S. The third-order valence-corrected chi connectivity index (χ3v) is 5.78. The molecule has 0 bridgehead atoms. The molecule has 0 unspecified atom stereocenters. The number of ether oxygens (including phenoxy) is 1. The van der Waals surface area contributed by atoms with Crippen LogP contribution in [0.3, 0.4) is 0 Å². The summed E-state index contributed by atoms with van der Waals surface area (Å²) in [5, 5.41) is 9.30. The fourth-order valence-electron chi connectivity index (χ4n) is 3.13. The summed E-state index contributed by atoms with van der Waals surface area (Å²) in [5.41, 5.74) is 3.04. The van der Waals surface area contributed by atoms with E-state index in [1.165, 1.54) is 18.9 Å². The summed E-state index contributed by atoms with van der Waals surface area (Å²) in [6.45, 7) is 0.0441. The van der Waals surface area contributed by atoms with Gasteiger partial charge in [-0.25, -0.2) is 4.79 Å². The molecule has 0 radical (unpaired) electrons. The van der Waals surface area contributed by atoms with Crippen LogP contribution in [0.4, 0.5) is 0 Å². The Hall–Kier alpha value is -4.11. The quantitative estimate of drug-likeness (QED) is 0.207. The van der Waals surface area contributed by atoms with E-state index in [-0.39, 0.29) is 18.1 Å². The third-order valence-electron chi connectivity index (χ3n) is 4.79. The first-order chi connectivity index (χ1) is 16.7. The van der Waals surface area contributed by atoms with Crippen molar-refractivity contribution < 1.29 is 14.3 Å². The molecule has 9 heteroatoms. The molecule has 0 aliphatic heterocycles. The fourth-order valence-corrected chi connectivity index (χ4v) is 3.93. The Labute approximate surface area is 200 Å². The Bertz CT molecular complexity index is 1290. The van der Waals surface area contributed by atoms with Crippen molar-refractivity contribution >= 4 is 29.7 Å². The molecule has 0 atom stereocenters. The Morgan fingerprint density at radius 1 is 1.00 bits per heavy atom. The van der Waals surface area contributed by atoms with Gasteiger partial charge in [0.15, 0.2) is 16.8 Å². The van der Waals surface area contributed by atoms with Gasteiger partial charge in [-0.2, -0.15) is 0 Å². The molecular weight excluding hydrogens is 450 g/mol. The maximum Gasteiger partial charge on any atom is 0.337 e. The lowest BCUT2D eigenvalue weighted by Gasteiger charge is -2.09. The number of pyridine rings is 1. The number of carbonyl (C=O) groups is 2. The number of ketones is 1. The first kappa shape index (κ1) is 23.1. The van der Waals surface area contributed by atoms with E-state index >= 15 is 0 Å². The molecule has 0 N–H and O–H groups in total. The number of thioether (sulfide) groups is 1. The number of esters is 1. The van der Waals surface area contributed by atoms with Crippen LogP contribution in [0.15, 0.2) is 89.3 Å². The zero-order valence-electron chi connectivity index (χ0n) is 18.4. The number of Topliss-reactive ketones (excluding diaryl/α,β-unsaturated/α-hetero) is 1. The summed E-state index contributed by atoms with van der Waals surface area (Å²) >= 11 is 1.32. The van der Waals surface area contributed by atoms with E-state index < -0.39 is 5.97 Å². The number of benzene rings is 2. The van der Waals surface area contributed by atoms with Gasteiger partial charge in [-0.05, 0) is 42.0 Å². The van der Waals surface area contributed by atoms with Crippen molar-refractivity contribution in [3.8, 4) is 17.1 Å². The van der Waals surface area contributed by atoms with Gasteiger partial charge in [-0.1, -0.05) is 42.1 Å². The van der Waals surface area contributed by atoms with Crippen LogP contribution in [-0.2, 0) is 9.53 Å². The van der Waals surface area contributed by atoms with Crippen molar-refractivity contribution in [1.29, 1.82) is 0 Å². The Kier molecular flexibility index (Phi) is 7.56. The molecule has 0 aliphatic rings. The maximum atomic E-state index is 12.5. The SMILES string of the molecule is COC(=O)c1ccc(C=NCC(=O)CSc2nnc(-c3ccncc3)n2-c2ccccc2)cc1. The predicted octanol–water partition coefficient (Wildman–Crippen LogP) is 3.90. The minimum Gasteiger partial charge on any atom is -0.465 e. The zero-order chi connectivity index (χ0) is 23.8. The van der Waals surface area contributed by atoms with Crippen LogP contribution in [0.25, 0.3) is 17.1 Å². The van der Waals surface area contributed by atoms with E-state index in [2.05, 4.69) is 24.9 Å². The van der Waals surface area contributed by atoms with E-state index in [1.54, 1.807) is 42.9 Å². The van der Waals surface area contributed by atoms with Crippen molar-refractivity contribution in [3.05, 3.63) is 90.3 Å². The van der Waals surface area contributed by atoms with Crippen LogP contribution in [0.1, 0.15) is 15.9 Å². The highest BCUT2D eigenvalue weighted by atomic mass is 32.2. The Morgan fingerprint density at radius 2 is 1.74 bits per heavy atom. The lowest BCUT2D eigenvalue weighted by molar-refractivity contribution is -0.115. The summed E-state index contributed by atoms with van der Waals surface area (Å²) < 4.78 is 6.61. The molecule has 2 aromatic carbocycles. The summed E-state index contributed by atoms with van der Waals surface area (Å²) in [6.07, 6.45) is 5.02. The minimum absolute atomic E-state index is 0.0412. The van der Waals surface area contributed by atoms with Crippen LogP contribution < -0.4 is 0 Å². The van der Waals surface area contributed by atoms with Gasteiger partial charge in [0.2, 0.25) is 0 Å². The summed E-state index contributed by atoms with van der Waals surface area (Å²) in [7, 11) is 1.34. The molecule has 0 aliphatic carbocycles. The number of carbonyl (C=O) groups excluding carboxylic acids is 2. The molecule has 2 aromatic heterocycles. The van der Waals surface area contributed by atoms with E-state index in [0.717, 1.165) is 16.8 Å². The average molecular weight is 472 g/mol. The number of aliphatic imine (C=N–C) groups is 1. The van der Waals surface area contributed by atoms with Gasteiger partial charge in [0.1, 0.15) is 0 Å². The third kappa shape index (κ3) is 5.62. The fraction of sp³-hybridized carbons (Fsp3) is 0.120. The van der Waals surface area contributed by atoms with Crippen molar-refractivity contribution in [2.24, 2.45) is 4.99 Å². The van der Waals surface area contributed by atoms with E-state index in [9.17, 15) is 9.59 Å². The second kappa shape index (κ2) is 11.2. The first-order valence-corrected chi connectivity index (χ1v) is 11.4. The molecule has 0 amide bonds. The number of aromatic nitrogens is 4. The van der Waals surface area contributed by atoms with Gasteiger partial charge in [-0.15, -0.1) is 10.2 Å². The molecule has 0 spiro atoms. The largest absolute Gasteiger partial charge is 0.465 e. The highest BCUT2D eigenvalue weighted by molar-refractivity contribution is 7.99. The highest BCUT2D eigenvalue weighted by Gasteiger charge is 2.17. The second-order valence-corrected chi connectivity index (χ2v) is 8.07. The van der Waals surface area contributed by atoms with Crippen LogP contribution in [-0.4, -0.2) is 57.1 Å². The van der Waals surface area contributed by atoms with Crippen LogP contribution in [0.2, 0.25) is 0 Å². The van der Waals surface area contributed by atoms with Crippen LogP contribution in [0, 0.1) is 0 Å². The number of nitrogens with zero attached hydrogens (tertiary/aromatic N) is 5. The topological polar surface area (TPSA) is 99.3 Å². The lowest BCUT2D eigenvalue weighted by Crippen LogP contribution is -2.07. The van der Waals surface area contributed by atoms with Crippen LogP contribution in [0.5, 0.6) is 0 Å². The van der Waals surface area contributed by atoms with E-state index in [1.807, 2.05) is 47.0 Å². The maximum absolute atomic E-state index is 12.5. The molecule has 34 heavy (non-hydrogen) atoms. The summed E-state index contributed by atoms with van der Waals surface area (Å²) in [5.74, 6) is 0.448. The Balaban J connectivity index is 1.42. The molecule has 4 rings (SSSR count). The highest BCUT2D eigenvalue weighted by Crippen LogP contribution is 2.27. The zero-order valence-corrected chi connectivity index (χ0v) is 19.2. The molecule has 0 saturated heterocycles. The smallest absolute Gasteiger partial charge is 0.337 e. The van der Waals surface area contributed by atoms with Crippen molar-refractivity contribution in [1.82, 2.24) is 19.7 Å². The molecule has 0 saturated carbocycles. The number of hydrogen-bond donors (Lipinski definition) is 0. The Morgan fingerprint density at radius 3 is 2.44 bits per heavy atom. The van der Waals surface area contributed by atoms with Gasteiger partial charge in [-0.3, -0.25) is 19.3 Å². The average Bonchev–Trinajstić information content (AvgIpc) is 3.32. The number of hydrogen-bond acceptors (Lipinski definition) is 8. The molecule has 8 nitrogen and oxygen atoms in total. The summed E-state index contributed by atoms with van der Waals surface area (Å²) in [6, 6.07) is 20.3. The normalized spacial score (nSPS) is 11.0. The molecule has 2 heterocycles. The first-order valence-electron chi connectivity index (χ1n) is 10.4. The summed E-state index contributed by atoms with van der Waals surface area (Å²) in [4.78, 5) is 32.2. The standard InChI is InChI=1S/C25H21N5O3S/c1-33-24(32)20-9-7-18(8-10-20)15-27-16-22(31)17-34-25-29-28-23(19-11-13-26-14-12-19)30(25)21-5-3-2-4-6-21/h2-15H,16-17H2,1H3. The van der Waals surface area contributed by atoms with Crippen molar-refractivity contribution in [2.45, 2.75) is 5.16 Å². The van der Waals surface area contributed by atoms with E-state index in [4.69, 9.17) is 0 Å². The second-order valence-electron chi connectivity index (χ2n) is 7.12. The lowest BCUT2D eigenvalue weighted by atomic mass is 10.1.